The van der Waals surface area contributed by atoms with Gasteiger partial charge >= 0.3 is 5.97 Å². The molecule has 3 atom stereocenters. The van der Waals surface area contributed by atoms with Crippen LogP contribution in [0.4, 0.5) is 5.69 Å². The molecule has 0 radical (unpaired) electrons. The number of ether oxygens (including phenoxy) is 1. The van der Waals surface area contributed by atoms with Gasteiger partial charge in [-0.1, -0.05) is 34.1 Å². The van der Waals surface area contributed by atoms with E-state index in [2.05, 4.69) is 20.6 Å². The fourth-order valence-corrected chi connectivity index (χ4v) is 2.83. The molecule has 0 aliphatic rings. The third kappa shape index (κ3) is 6.55. The highest BCUT2D eigenvalue weighted by Crippen LogP contribution is 2.27. The van der Waals surface area contributed by atoms with Crippen molar-refractivity contribution in [1.29, 1.82) is 0 Å². The van der Waals surface area contributed by atoms with E-state index in [9.17, 15) is 19.5 Å². The quantitative estimate of drug-likeness (QED) is 0.354. The molecule has 0 aliphatic carbocycles. The van der Waals surface area contributed by atoms with Crippen LogP contribution in [0.2, 0.25) is 0 Å². The average molecular weight is 446 g/mol. The zero-order valence-corrected chi connectivity index (χ0v) is 18.7. The van der Waals surface area contributed by atoms with Crippen LogP contribution in [-0.4, -0.2) is 44.9 Å². The summed E-state index contributed by atoms with van der Waals surface area (Å²) in [5.41, 5.74) is 7.16. The first-order valence-electron chi connectivity index (χ1n) is 10.5. The minimum Gasteiger partial charge on any atom is -0.485 e. The van der Waals surface area contributed by atoms with Gasteiger partial charge < -0.3 is 31.2 Å². The molecule has 10 nitrogen and oxygen atoms in total. The van der Waals surface area contributed by atoms with Gasteiger partial charge in [0.1, 0.15) is 18.4 Å². The SMILES string of the molecule is CC[C@H](C)[C@H](NC(=O)c1ccc(NC(=O)[C@@H](N)C(C)C)c(OCc2cnc[nH]2)c1)C(=O)O. The lowest BCUT2D eigenvalue weighted by molar-refractivity contribution is -0.140. The van der Waals surface area contributed by atoms with Gasteiger partial charge in [0.2, 0.25) is 5.91 Å². The minimum absolute atomic E-state index is 0.0667. The first-order valence-corrected chi connectivity index (χ1v) is 10.5. The molecule has 2 aromatic rings. The van der Waals surface area contributed by atoms with Gasteiger partial charge in [-0.15, -0.1) is 0 Å². The predicted octanol–water partition coefficient (Wildman–Crippen LogP) is 2.14. The molecule has 0 saturated carbocycles. The van der Waals surface area contributed by atoms with Crippen LogP contribution in [0.5, 0.6) is 5.75 Å². The summed E-state index contributed by atoms with van der Waals surface area (Å²) in [6, 6.07) is 2.74. The summed E-state index contributed by atoms with van der Waals surface area (Å²) >= 11 is 0. The molecule has 0 bridgehead atoms. The van der Waals surface area contributed by atoms with Crippen molar-refractivity contribution in [3.05, 3.63) is 42.0 Å². The highest BCUT2D eigenvalue weighted by Gasteiger charge is 2.26. The number of aromatic nitrogens is 2. The maximum atomic E-state index is 12.7. The lowest BCUT2D eigenvalue weighted by Gasteiger charge is -2.21. The molecule has 0 aliphatic heterocycles. The number of H-pyrrole nitrogens is 1. The Morgan fingerprint density at radius 3 is 2.53 bits per heavy atom. The molecule has 1 aromatic carbocycles. The predicted molar refractivity (Wildman–Crippen MR) is 119 cm³/mol. The zero-order valence-electron chi connectivity index (χ0n) is 18.7. The van der Waals surface area contributed by atoms with Crippen LogP contribution < -0.4 is 21.1 Å². The van der Waals surface area contributed by atoms with E-state index in [-0.39, 0.29) is 35.7 Å². The summed E-state index contributed by atoms with van der Waals surface area (Å²) in [5.74, 6) is -2.11. The topological polar surface area (TPSA) is 159 Å². The molecule has 2 rings (SSSR count). The van der Waals surface area contributed by atoms with Crippen molar-refractivity contribution in [1.82, 2.24) is 15.3 Å². The van der Waals surface area contributed by atoms with Crippen molar-refractivity contribution in [3.8, 4) is 5.75 Å². The normalized spacial score (nSPS) is 13.8. The van der Waals surface area contributed by atoms with Crippen molar-refractivity contribution in [2.45, 2.75) is 52.8 Å². The van der Waals surface area contributed by atoms with Crippen LogP contribution >= 0.6 is 0 Å². The Bertz CT molecular complexity index is 929. The van der Waals surface area contributed by atoms with Gasteiger partial charge in [-0.2, -0.15) is 0 Å². The Hall–Kier alpha value is -3.40. The number of hydrogen-bond donors (Lipinski definition) is 5. The zero-order chi connectivity index (χ0) is 23.8. The fraction of sp³-hybridized carbons (Fsp3) is 0.455. The number of carbonyl (C=O) groups is 3. The maximum Gasteiger partial charge on any atom is 0.326 e. The second-order valence-electron chi connectivity index (χ2n) is 8.01. The first kappa shape index (κ1) is 24.9. The largest absolute Gasteiger partial charge is 0.485 e. The summed E-state index contributed by atoms with van der Waals surface area (Å²) in [6.45, 7) is 7.41. The number of benzene rings is 1. The molecule has 1 heterocycles. The molecule has 32 heavy (non-hydrogen) atoms. The second kappa shape index (κ2) is 11.3. The number of rotatable bonds is 11. The number of nitrogens with zero attached hydrogens (tertiary/aromatic N) is 1. The molecule has 174 valence electrons. The number of nitrogens with one attached hydrogen (secondary N) is 3. The summed E-state index contributed by atoms with van der Waals surface area (Å²) < 4.78 is 5.81. The van der Waals surface area contributed by atoms with Gasteiger partial charge in [0, 0.05) is 5.56 Å². The molecule has 1 aromatic heterocycles. The van der Waals surface area contributed by atoms with E-state index < -0.39 is 24.0 Å². The number of hydrogen-bond acceptors (Lipinski definition) is 6. The third-order valence-corrected chi connectivity index (χ3v) is 5.23. The molecular formula is C22H31N5O5. The van der Waals surface area contributed by atoms with Crippen LogP contribution in [0, 0.1) is 11.8 Å². The molecular weight excluding hydrogens is 414 g/mol. The van der Waals surface area contributed by atoms with E-state index in [4.69, 9.17) is 10.5 Å². The Kier molecular flexibility index (Phi) is 8.77. The number of nitrogens with two attached hydrogens (primary N) is 1. The van der Waals surface area contributed by atoms with Crippen molar-refractivity contribution in [3.63, 3.8) is 0 Å². The number of carbonyl (C=O) groups excluding carboxylic acids is 2. The summed E-state index contributed by atoms with van der Waals surface area (Å²) in [6.07, 6.45) is 3.69. The average Bonchev–Trinajstić information content (AvgIpc) is 3.28. The Morgan fingerprint density at radius 1 is 1.25 bits per heavy atom. The molecule has 0 unspecified atom stereocenters. The van der Waals surface area contributed by atoms with Crippen molar-refractivity contribution in [2.75, 3.05) is 5.32 Å². The maximum absolute atomic E-state index is 12.7. The minimum atomic E-state index is -1.10. The van der Waals surface area contributed by atoms with Crippen LogP contribution in [0.25, 0.3) is 0 Å². The number of amides is 2. The highest BCUT2D eigenvalue weighted by atomic mass is 16.5. The molecule has 0 spiro atoms. The van der Waals surface area contributed by atoms with E-state index in [0.29, 0.717) is 17.8 Å². The number of carboxylic acids is 1. The number of carboxylic acid groups (broad SMARTS) is 1. The Balaban J connectivity index is 2.28. The lowest BCUT2D eigenvalue weighted by Crippen LogP contribution is -2.45. The Morgan fingerprint density at radius 2 is 1.97 bits per heavy atom. The summed E-state index contributed by atoms with van der Waals surface area (Å²) in [7, 11) is 0. The Labute approximate surface area is 186 Å². The summed E-state index contributed by atoms with van der Waals surface area (Å²) in [4.78, 5) is 43.6. The van der Waals surface area contributed by atoms with Crippen LogP contribution in [0.1, 0.15) is 50.2 Å². The fourth-order valence-electron chi connectivity index (χ4n) is 2.83. The van der Waals surface area contributed by atoms with Gasteiger partial charge in [0.15, 0.2) is 0 Å². The van der Waals surface area contributed by atoms with E-state index in [1.807, 2.05) is 20.8 Å². The molecule has 0 saturated heterocycles. The third-order valence-electron chi connectivity index (χ3n) is 5.23. The monoisotopic (exact) mass is 445 g/mol. The van der Waals surface area contributed by atoms with Gasteiger partial charge in [0.05, 0.1) is 29.9 Å². The van der Waals surface area contributed by atoms with E-state index >= 15 is 0 Å². The molecule has 0 fully saturated rings. The van der Waals surface area contributed by atoms with Crippen LogP contribution in [-0.2, 0) is 16.2 Å². The number of aromatic amines is 1. The first-order chi connectivity index (χ1) is 15.1. The molecule has 6 N–H and O–H groups in total. The summed E-state index contributed by atoms with van der Waals surface area (Å²) in [5, 5.41) is 14.7. The smallest absolute Gasteiger partial charge is 0.326 e. The number of anilines is 1. The molecule has 10 heteroatoms. The highest BCUT2D eigenvalue weighted by molar-refractivity contribution is 5.99. The van der Waals surface area contributed by atoms with Crippen molar-refractivity contribution >= 4 is 23.5 Å². The number of aliphatic carboxylic acids is 1. The van der Waals surface area contributed by atoms with E-state index in [0.717, 1.165) is 0 Å². The standard InChI is InChI=1S/C22H31N5O5/c1-5-13(4)19(22(30)31)27-20(28)14-6-7-16(26-21(29)18(23)12(2)3)17(8-14)32-10-15-9-24-11-25-15/h6-9,11-13,18-19H,5,10,23H2,1-4H3,(H,24,25)(H,26,29)(H,27,28)(H,30,31)/t13-,18-,19-/m0/s1. The van der Waals surface area contributed by atoms with Crippen LogP contribution in [0.15, 0.2) is 30.7 Å². The van der Waals surface area contributed by atoms with Gasteiger partial charge in [-0.3, -0.25) is 9.59 Å². The van der Waals surface area contributed by atoms with Crippen molar-refractivity contribution < 1.29 is 24.2 Å². The van der Waals surface area contributed by atoms with Gasteiger partial charge in [-0.25, -0.2) is 9.78 Å². The lowest BCUT2D eigenvalue weighted by atomic mass is 9.99. The van der Waals surface area contributed by atoms with Gasteiger partial charge in [-0.05, 0) is 30.0 Å². The van der Waals surface area contributed by atoms with Gasteiger partial charge in [0.25, 0.3) is 5.91 Å². The van der Waals surface area contributed by atoms with Crippen molar-refractivity contribution in [2.24, 2.45) is 17.6 Å². The van der Waals surface area contributed by atoms with Crippen LogP contribution in [0.3, 0.4) is 0 Å². The van der Waals surface area contributed by atoms with E-state index in [1.54, 1.807) is 13.1 Å². The van der Waals surface area contributed by atoms with E-state index in [1.165, 1.54) is 24.5 Å². The number of imidazole rings is 1. The second-order valence-corrected chi connectivity index (χ2v) is 8.01. The molecule has 2 amide bonds.